The molecule has 0 saturated heterocycles. The third-order valence-electron chi connectivity index (χ3n) is 3.86. The van der Waals surface area contributed by atoms with Gasteiger partial charge in [0.25, 0.3) is 0 Å². The minimum atomic E-state index is 0.163. The van der Waals surface area contributed by atoms with Gasteiger partial charge in [-0.2, -0.15) is 0 Å². The van der Waals surface area contributed by atoms with E-state index in [2.05, 4.69) is 12.1 Å². The molecule has 18 heavy (non-hydrogen) atoms. The summed E-state index contributed by atoms with van der Waals surface area (Å²) in [6.07, 6.45) is 8.46. The number of rotatable bonds is 3. The second-order valence-corrected chi connectivity index (χ2v) is 5.63. The fraction of sp³-hybridized carbons (Fsp3) is 0.500. The summed E-state index contributed by atoms with van der Waals surface area (Å²) in [5.41, 5.74) is 3.35. The van der Waals surface area contributed by atoms with Gasteiger partial charge in [0.05, 0.1) is 6.61 Å². The van der Waals surface area contributed by atoms with Crippen molar-refractivity contribution in [3.63, 3.8) is 0 Å². The minimum absolute atomic E-state index is 0.163. The molecule has 0 heterocycles. The van der Waals surface area contributed by atoms with Crippen molar-refractivity contribution in [2.24, 2.45) is 5.92 Å². The molecule has 0 aromatic heterocycles. The van der Waals surface area contributed by atoms with Crippen LogP contribution in [0.1, 0.15) is 43.2 Å². The number of hydrogen-bond acceptors (Lipinski definition) is 1. The van der Waals surface area contributed by atoms with Crippen molar-refractivity contribution in [2.75, 3.05) is 6.61 Å². The molecule has 0 amide bonds. The Balaban J connectivity index is 2.19. The van der Waals surface area contributed by atoms with E-state index in [1.54, 1.807) is 0 Å². The summed E-state index contributed by atoms with van der Waals surface area (Å²) >= 11 is 6.13. The summed E-state index contributed by atoms with van der Waals surface area (Å²) in [7, 11) is 0. The van der Waals surface area contributed by atoms with Gasteiger partial charge in [0, 0.05) is 5.02 Å². The number of aliphatic hydroxyl groups is 1. The predicted octanol–water partition coefficient (Wildman–Crippen LogP) is 4.60. The molecule has 0 aliphatic heterocycles. The van der Waals surface area contributed by atoms with Crippen LogP contribution in [0.3, 0.4) is 0 Å². The number of halogens is 1. The SMILES string of the molecule is Cc1ccc(/C=C(/CO)C2CCCCC2)cc1Cl. The summed E-state index contributed by atoms with van der Waals surface area (Å²) in [6.45, 7) is 2.17. The average molecular weight is 265 g/mol. The Bertz CT molecular complexity index is 431. The Kier molecular flexibility index (Phi) is 4.85. The van der Waals surface area contributed by atoms with E-state index in [1.165, 1.54) is 32.1 Å². The summed E-state index contributed by atoms with van der Waals surface area (Å²) in [5, 5.41) is 10.4. The Labute approximate surface area is 114 Å². The van der Waals surface area contributed by atoms with Gasteiger partial charge in [0.15, 0.2) is 0 Å². The van der Waals surface area contributed by atoms with Crippen molar-refractivity contribution in [2.45, 2.75) is 39.0 Å². The maximum absolute atomic E-state index is 9.56. The maximum Gasteiger partial charge on any atom is 0.0647 e. The van der Waals surface area contributed by atoms with E-state index < -0.39 is 0 Å². The molecule has 0 bridgehead atoms. The van der Waals surface area contributed by atoms with E-state index in [1.807, 2.05) is 19.1 Å². The molecule has 0 radical (unpaired) electrons. The molecule has 0 unspecified atom stereocenters. The van der Waals surface area contributed by atoms with Gasteiger partial charge in [-0.1, -0.05) is 49.1 Å². The molecule has 2 heteroatoms. The number of aliphatic hydroxyl groups excluding tert-OH is 1. The molecule has 1 N–H and O–H groups in total. The summed E-state index contributed by atoms with van der Waals surface area (Å²) < 4.78 is 0. The van der Waals surface area contributed by atoms with Crippen LogP contribution in [0.15, 0.2) is 23.8 Å². The van der Waals surface area contributed by atoms with Crippen molar-refractivity contribution in [3.05, 3.63) is 39.9 Å². The average Bonchev–Trinajstić information content (AvgIpc) is 2.41. The van der Waals surface area contributed by atoms with Crippen LogP contribution in [0.4, 0.5) is 0 Å². The lowest BCUT2D eigenvalue weighted by molar-refractivity contribution is 0.295. The first-order chi connectivity index (χ1) is 8.70. The van der Waals surface area contributed by atoms with Gasteiger partial charge < -0.3 is 5.11 Å². The quantitative estimate of drug-likeness (QED) is 0.846. The lowest BCUT2D eigenvalue weighted by Gasteiger charge is -2.23. The molecule has 1 aromatic rings. The van der Waals surface area contributed by atoms with Crippen LogP contribution in [0, 0.1) is 12.8 Å². The van der Waals surface area contributed by atoms with E-state index in [0.717, 1.165) is 21.7 Å². The van der Waals surface area contributed by atoms with Gasteiger partial charge in [-0.15, -0.1) is 0 Å². The first-order valence-electron chi connectivity index (χ1n) is 6.78. The van der Waals surface area contributed by atoms with E-state index in [4.69, 9.17) is 11.6 Å². The van der Waals surface area contributed by atoms with Gasteiger partial charge in [-0.05, 0) is 48.4 Å². The molecule has 1 aliphatic rings. The van der Waals surface area contributed by atoms with Crippen molar-refractivity contribution < 1.29 is 5.11 Å². The van der Waals surface area contributed by atoms with Crippen molar-refractivity contribution in [1.29, 1.82) is 0 Å². The molecule has 0 spiro atoms. The van der Waals surface area contributed by atoms with Crippen molar-refractivity contribution in [1.82, 2.24) is 0 Å². The Morgan fingerprint density at radius 1 is 1.33 bits per heavy atom. The van der Waals surface area contributed by atoms with Crippen LogP contribution in [0.25, 0.3) is 6.08 Å². The lowest BCUT2D eigenvalue weighted by Crippen LogP contribution is -2.11. The smallest absolute Gasteiger partial charge is 0.0647 e. The first kappa shape index (κ1) is 13.6. The van der Waals surface area contributed by atoms with Gasteiger partial charge in [0.2, 0.25) is 0 Å². The van der Waals surface area contributed by atoms with Crippen LogP contribution in [0.5, 0.6) is 0 Å². The van der Waals surface area contributed by atoms with Gasteiger partial charge >= 0.3 is 0 Å². The minimum Gasteiger partial charge on any atom is -0.392 e. The largest absolute Gasteiger partial charge is 0.392 e. The molecule has 1 aromatic carbocycles. The third-order valence-corrected chi connectivity index (χ3v) is 4.27. The van der Waals surface area contributed by atoms with E-state index in [-0.39, 0.29) is 6.61 Å². The predicted molar refractivity (Wildman–Crippen MR) is 77.8 cm³/mol. The van der Waals surface area contributed by atoms with Crippen molar-refractivity contribution >= 4 is 17.7 Å². The molecule has 98 valence electrons. The zero-order valence-electron chi connectivity index (χ0n) is 11.0. The van der Waals surface area contributed by atoms with Crippen LogP contribution >= 0.6 is 11.6 Å². The highest BCUT2D eigenvalue weighted by Crippen LogP contribution is 2.31. The number of hydrogen-bond donors (Lipinski definition) is 1. The van der Waals surface area contributed by atoms with Crippen LogP contribution in [-0.2, 0) is 0 Å². The Morgan fingerprint density at radius 3 is 2.67 bits per heavy atom. The molecule has 1 nitrogen and oxygen atoms in total. The number of benzene rings is 1. The van der Waals surface area contributed by atoms with Gasteiger partial charge in [0.1, 0.15) is 0 Å². The molecule has 1 aliphatic carbocycles. The highest BCUT2D eigenvalue weighted by molar-refractivity contribution is 6.31. The second-order valence-electron chi connectivity index (χ2n) is 5.22. The highest BCUT2D eigenvalue weighted by Gasteiger charge is 2.17. The second kappa shape index (κ2) is 6.40. The first-order valence-corrected chi connectivity index (χ1v) is 7.16. The molecule has 1 saturated carbocycles. The third kappa shape index (κ3) is 3.37. The summed E-state index contributed by atoms with van der Waals surface area (Å²) in [6, 6.07) is 6.08. The monoisotopic (exact) mass is 264 g/mol. The molecule has 0 atom stereocenters. The summed E-state index contributed by atoms with van der Waals surface area (Å²) in [5.74, 6) is 0.559. The number of aryl methyl sites for hydroxylation is 1. The van der Waals surface area contributed by atoms with Gasteiger partial charge in [-0.3, -0.25) is 0 Å². The van der Waals surface area contributed by atoms with Crippen LogP contribution in [-0.4, -0.2) is 11.7 Å². The molecule has 1 fully saturated rings. The van der Waals surface area contributed by atoms with E-state index in [9.17, 15) is 5.11 Å². The molecule has 2 rings (SSSR count). The fourth-order valence-electron chi connectivity index (χ4n) is 2.68. The fourth-order valence-corrected chi connectivity index (χ4v) is 2.87. The Morgan fingerprint density at radius 2 is 2.06 bits per heavy atom. The zero-order chi connectivity index (χ0) is 13.0. The van der Waals surface area contributed by atoms with E-state index >= 15 is 0 Å². The van der Waals surface area contributed by atoms with Crippen LogP contribution < -0.4 is 0 Å². The maximum atomic E-state index is 9.56. The summed E-state index contributed by atoms with van der Waals surface area (Å²) in [4.78, 5) is 0. The standard InChI is InChI=1S/C16H21ClO/c1-12-7-8-13(10-16(12)17)9-15(11-18)14-5-3-2-4-6-14/h7-10,14,18H,2-6,11H2,1H3/b15-9-. The normalized spacial score (nSPS) is 18.1. The van der Waals surface area contributed by atoms with E-state index in [0.29, 0.717) is 5.92 Å². The topological polar surface area (TPSA) is 20.2 Å². The zero-order valence-corrected chi connectivity index (χ0v) is 11.7. The molecular weight excluding hydrogens is 244 g/mol. The molecular formula is C16H21ClO. The van der Waals surface area contributed by atoms with Crippen molar-refractivity contribution in [3.8, 4) is 0 Å². The highest BCUT2D eigenvalue weighted by atomic mass is 35.5. The van der Waals surface area contributed by atoms with Crippen LogP contribution in [0.2, 0.25) is 5.02 Å². The van der Waals surface area contributed by atoms with Gasteiger partial charge in [-0.25, -0.2) is 0 Å². The Hall–Kier alpha value is -0.790. The lowest BCUT2D eigenvalue weighted by atomic mass is 9.83.